The summed E-state index contributed by atoms with van der Waals surface area (Å²) in [4.78, 5) is 17.9. The molecule has 3 N–H and O–H groups in total. The van der Waals surface area contributed by atoms with Gasteiger partial charge in [-0.25, -0.2) is 18.2 Å². The molecule has 2 aliphatic carbocycles. The number of thiazole rings is 1. The number of hydrogen-bond acceptors (Lipinski definition) is 9. The lowest BCUT2D eigenvalue weighted by Gasteiger charge is -2.31. The number of amides is 1. The maximum Gasteiger partial charge on any atom is 0.407 e. The molecule has 3 aromatic rings. The zero-order valence-corrected chi connectivity index (χ0v) is 26.9. The Morgan fingerprint density at radius 3 is 2.66 bits per heavy atom. The van der Waals surface area contributed by atoms with Crippen LogP contribution < -0.4 is 10.6 Å². The van der Waals surface area contributed by atoms with E-state index in [-0.39, 0.29) is 35.9 Å². The van der Waals surface area contributed by atoms with E-state index in [1.807, 2.05) is 44.2 Å². The zero-order valence-electron chi connectivity index (χ0n) is 25.2. The van der Waals surface area contributed by atoms with Crippen LogP contribution in [0.2, 0.25) is 0 Å². The number of carbonyl (C=O) groups excluding carboxylic acids is 1. The number of aliphatic hydroxyl groups excluding tert-OH is 1. The van der Waals surface area contributed by atoms with Crippen LogP contribution in [0.1, 0.15) is 45.1 Å². The van der Waals surface area contributed by atoms with Gasteiger partial charge in [0.1, 0.15) is 6.10 Å². The number of sulfonamides is 1. The fourth-order valence-corrected chi connectivity index (χ4v) is 8.93. The molecule has 2 saturated carbocycles. The van der Waals surface area contributed by atoms with Gasteiger partial charge in [-0.1, -0.05) is 55.5 Å². The summed E-state index contributed by atoms with van der Waals surface area (Å²) in [6, 6.07) is 14.2. The van der Waals surface area contributed by atoms with Crippen molar-refractivity contribution < 1.29 is 27.8 Å². The van der Waals surface area contributed by atoms with Gasteiger partial charge in [0, 0.05) is 31.7 Å². The van der Waals surface area contributed by atoms with E-state index in [2.05, 4.69) is 15.6 Å². The monoisotopic (exact) mass is 642 g/mol. The minimum absolute atomic E-state index is 0.00731. The number of nitrogens with zero attached hydrogens (tertiary/aromatic N) is 2. The van der Waals surface area contributed by atoms with Crippen LogP contribution in [0.3, 0.4) is 0 Å². The van der Waals surface area contributed by atoms with Gasteiger partial charge in [0.2, 0.25) is 10.0 Å². The first-order valence-electron chi connectivity index (χ1n) is 15.6. The third kappa shape index (κ3) is 7.37. The molecule has 1 amide bonds. The molecule has 10 nitrogen and oxygen atoms in total. The minimum Gasteiger partial charge on any atom is -0.446 e. The van der Waals surface area contributed by atoms with Gasteiger partial charge in [-0.05, 0) is 67.7 Å². The average Bonchev–Trinajstić information content (AvgIpc) is 3.35. The number of benzene rings is 2. The molecule has 12 heteroatoms. The quantitative estimate of drug-likeness (QED) is 0.246. The lowest BCUT2D eigenvalue weighted by molar-refractivity contribution is 0.0493. The second-order valence-electron chi connectivity index (χ2n) is 12.8. The normalized spacial score (nSPS) is 23.2. The smallest absolute Gasteiger partial charge is 0.407 e. The third-order valence-electron chi connectivity index (χ3n) is 8.73. The molecule has 1 aliphatic heterocycles. The minimum atomic E-state index is -3.97. The van der Waals surface area contributed by atoms with Crippen LogP contribution in [0.5, 0.6) is 0 Å². The average molecular weight is 643 g/mol. The Morgan fingerprint density at radius 1 is 1.11 bits per heavy atom. The van der Waals surface area contributed by atoms with Crippen molar-refractivity contribution in [1.29, 1.82) is 0 Å². The van der Waals surface area contributed by atoms with Crippen molar-refractivity contribution >= 4 is 42.8 Å². The molecular weight excluding hydrogens is 601 g/mol. The summed E-state index contributed by atoms with van der Waals surface area (Å²) < 4.78 is 41.6. The molecule has 44 heavy (non-hydrogen) atoms. The molecular formula is C32H42N4O6S2. The van der Waals surface area contributed by atoms with E-state index < -0.39 is 28.3 Å². The molecule has 5 atom stereocenters. The summed E-state index contributed by atoms with van der Waals surface area (Å²) >= 11 is 1.44. The first-order valence-corrected chi connectivity index (χ1v) is 17.9. The predicted octanol–water partition coefficient (Wildman–Crippen LogP) is 4.64. The molecule has 238 valence electrons. The van der Waals surface area contributed by atoms with Crippen LogP contribution in [0.4, 0.5) is 9.93 Å². The van der Waals surface area contributed by atoms with Gasteiger partial charge in [-0.15, -0.1) is 0 Å². The van der Waals surface area contributed by atoms with Crippen LogP contribution in [0.15, 0.2) is 53.4 Å². The Balaban J connectivity index is 1.20. The van der Waals surface area contributed by atoms with Crippen molar-refractivity contribution in [3.63, 3.8) is 0 Å². The number of ether oxygens (including phenoxy) is 2. The summed E-state index contributed by atoms with van der Waals surface area (Å²) in [5.74, 6) is 0.618. The molecule has 0 spiro atoms. The lowest BCUT2D eigenvalue weighted by Crippen LogP contribution is -2.51. The fourth-order valence-electron chi connectivity index (χ4n) is 6.23. The largest absolute Gasteiger partial charge is 0.446 e. The predicted molar refractivity (Wildman–Crippen MR) is 170 cm³/mol. The first-order chi connectivity index (χ1) is 21.2. The number of nitrogens with one attached hydrogen (secondary N) is 2. The second-order valence-corrected chi connectivity index (χ2v) is 15.7. The number of alkyl carbamates (subject to hydrolysis) is 1. The van der Waals surface area contributed by atoms with E-state index in [1.54, 1.807) is 18.2 Å². The zero-order chi connectivity index (χ0) is 30.8. The SMILES string of the molecule is CC(C)CN(C[C@@H](O)[C@H](Cc1ccccc1)NC(=O)OC1CCC2COCC21)S(=O)(=O)c1ccc2nc(NC3CC3)sc2c1. The number of aliphatic hydroxyl groups is 1. The van der Waals surface area contributed by atoms with Crippen molar-refractivity contribution in [2.45, 2.75) is 75.1 Å². The molecule has 3 aliphatic rings. The molecule has 0 radical (unpaired) electrons. The van der Waals surface area contributed by atoms with Crippen LogP contribution in [-0.2, 0) is 25.9 Å². The number of carbonyl (C=O) groups is 1. The Morgan fingerprint density at radius 2 is 1.91 bits per heavy atom. The summed E-state index contributed by atoms with van der Waals surface area (Å²) in [5, 5.41) is 18.6. The summed E-state index contributed by atoms with van der Waals surface area (Å²) in [6.07, 6.45) is 2.29. The van der Waals surface area contributed by atoms with Crippen molar-refractivity contribution in [1.82, 2.24) is 14.6 Å². The molecule has 6 rings (SSSR count). The molecule has 3 fully saturated rings. The Labute approximate surface area is 263 Å². The van der Waals surface area contributed by atoms with Gasteiger partial charge in [-0.3, -0.25) is 0 Å². The van der Waals surface area contributed by atoms with Crippen molar-refractivity contribution in [2.75, 3.05) is 31.6 Å². The van der Waals surface area contributed by atoms with Gasteiger partial charge >= 0.3 is 6.09 Å². The Kier molecular flexibility index (Phi) is 9.44. The van der Waals surface area contributed by atoms with Gasteiger partial charge in [0.15, 0.2) is 5.13 Å². The highest BCUT2D eigenvalue weighted by atomic mass is 32.2. The van der Waals surface area contributed by atoms with Gasteiger partial charge < -0.3 is 25.2 Å². The molecule has 0 bridgehead atoms. The van der Waals surface area contributed by atoms with Gasteiger partial charge in [-0.2, -0.15) is 4.31 Å². The van der Waals surface area contributed by atoms with Crippen LogP contribution in [0.25, 0.3) is 10.2 Å². The molecule has 3 unspecified atom stereocenters. The van der Waals surface area contributed by atoms with E-state index >= 15 is 0 Å². The number of rotatable bonds is 13. The van der Waals surface area contributed by atoms with Gasteiger partial charge in [0.05, 0.1) is 33.9 Å². The summed E-state index contributed by atoms with van der Waals surface area (Å²) in [5.41, 5.74) is 1.66. The van der Waals surface area contributed by atoms with Crippen molar-refractivity contribution in [2.24, 2.45) is 17.8 Å². The highest BCUT2D eigenvalue weighted by Crippen LogP contribution is 2.38. The first kappa shape index (κ1) is 31.2. The van der Waals surface area contributed by atoms with E-state index in [1.165, 1.54) is 15.6 Å². The van der Waals surface area contributed by atoms with Crippen LogP contribution in [-0.4, -0.2) is 79.5 Å². The fraction of sp³-hybridized carbons (Fsp3) is 0.562. The number of hydrogen-bond donors (Lipinski definition) is 3. The van der Waals surface area contributed by atoms with Crippen molar-refractivity contribution in [3.05, 3.63) is 54.1 Å². The Hall–Kier alpha value is -2.77. The second kappa shape index (κ2) is 13.3. The van der Waals surface area contributed by atoms with Crippen molar-refractivity contribution in [3.8, 4) is 0 Å². The maximum atomic E-state index is 14.0. The maximum absolute atomic E-state index is 14.0. The molecule has 2 aromatic carbocycles. The standard InChI is InChI=1S/C32H42N4O6S2/c1-20(2)16-36(44(39,40)24-11-12-26-30(15-24)43-31(34-26)33-23-9-10-23)17-28(37)27(14-21-6-4-3-5-7-21)35-32(38)42-29-13-8-22-18-41-19-25(22)29/h3-7,11-12,15,20,22-23,25,27-29,37H,8-10,13-14,16-19H2,1-2H3,(H,33,34)(H,35,38)/t22?,25?,27-,28+,29?/m0/s1. The summed E-state index contributed by atoms with van der Waals surface area (Å²) in [7, 11) is -3.97. The van der Waals surface area contributed by atoms with Gasteiger partial charge in [0.25, 0.3) is 0 Å². The lowest BCUT2D eigenvalue weighted by atomic mass is 9.99. The Bertz CT molecular complexity index is 1540. The number of aromatic nitrogens is 1. The molecule has 1 aromatic heterocycles. The molecule has 2 heterocycles. The highest BCUT2D eigenvalue weighted by molar-refractivity contribution is 7.89. The van der Waals surface area contributed by atoms with E-state index in [9.17, 15) is 18.3 Å². The van der Waals surface area contributed by atoms with E-state index in [0.717, 1.165) is 46.6 Å². The molecule has 1 saturated heterocycles. The van der Waals surface area contributed by atoms with Crippen LogP contribution in [0, 0.1) is 17.8 Å². The van der Waals surface area contributed by atoms with E-state index in [0.29, 0.717) is 31.6 Å². The number of fused-ring (bicyclic) bond motifs is 2. The van der Waals surface area contributed by atoms with Crippen LogP contribution >= 0.6 is 11.3 Å². The third-order valence-corrected chi connectivity index (χ3v) is 11.5. The van der Waals surface area contributed by atoms with E-state index in [4.69, 9.17) is 9.47 Å². The topological polar surface area (TPSA) is 130 Å². The number of anilines is 1. The highest BCUT2D eigenvalue weighted by Gasteiger charge is 2.42. The summed E-state index contributed by atoms with van der Waals surface area (Å²) in [6.45, 7) is 5.20.